The van der Waals surface area contributed by atoms with Crippen LogP contribution in [0.2, 0.25) is 0 Å². The van der Waals surface area contributed by atoms with Crippen molar-refractivity contribution in [2.75, 3.05) is 11.9 Å². The van der Waals surface area contributed by atoms with Crippen LogP contribution in [-0.2, 0) is 11.3 Å². The van der Waals surface area contributed by atoms with Crippen LogP contribution >= 0.6 is 0 Å². The zero-order valence-corrected chi connectivity index (χ0v) is 12.4. The monoisotopic (exact) mass is 262 g/mol. The molecule has 3 nitrogen and oxygen atoms in total. The smallest absolute Gasteiger partial charge is 0.126 e. The topological polar surface area (TPSA) is 34.1 Å². The lowest BCUT2D eigenvalue weighted by Gasteiger charge is -2.31. The van der Waals surface area contributed by atoms with E-state index in [0.717, 1.165) is 24.2 Å². The predicted molar refractivity (Wildman–Crippen MR) is 79.2 cm³/mol. The van der Waals surface area contributed by atoms with Gasteiger partial charge >= 0.3 is 0 Å². The van der Waals surface area contributed by atoms with Crippen LogP contribution < -0.4 is 5.32 Å². The Bertz CT molecular complexity index is 384. The molecule has 1 N–H and O–H groups in total. The highest BCUT2D eigenvalue weighted by atomic mass is 16.5. The highest BCUT2D eigenvalue weighted by Crippen LogP contribution is 2.30. The number of anilines is 1. The second-order valence-corrected chi connectivity index (χ2v) is 5.93. The molecule has 1 aliphatic carbocycles. The molecule has 2 unspecified atom stereocenters. The van der Waals surface area contributed by atoms with E-state index < -0.39 is 0 Å². The predicted octanol–water partition coefficient (Wildman–Crippen LogP) is 3.85. The Morgan fingerprint density at radius 3 is 2.68 bits per heavy atom. The SMILES string of the molecule is CCNc1cc(COC2CC(C)CC(C)C2)ccn1. The summed E-state index contributed by atoms with van der Waals surface area (Å²) in [4.78, 5) is 4.28. The van der Waals surface area contributed by atoms with Crippen molar-refractivity contribution in [2.45, 2.75) is 52.7 Å². The maximum absolute atomic E-state index is 6.09. The lowest BCUT2D eigenvalue weighted by Crippen LogP contribution is -2.26. The van der Waals surface area contributed by atoms with E-state index in [-0.39, 0.29) is 0 Å². The third-order valence-corrected chi connectivity index (χ3v) is 3.80. The van der Waals surface area contributed by atoms with Crippen LogP contribution in [0.1, 0.15) is 45.6 Å². The number of hydrogen-bond acceptors (Lipinski definition) is 3. The van der Waals surface area contributed by atoms with Gasteiger partial charge in [0.15, 0.2) is 0 Å². The van der Waals surface area contributed by atoms with Gasteiger partial charge in [0.05, 0.1) is 12.7 Å². The quantitative estimate of drug-likeness (QED) is 0.875. The van der Waals surface area contributed by atoms with Gasteiger partial charge in [0.2, 0.25) is 0 Å². The fourth-order valence-corrected chi connectivity index (χ4v) is 3.07. The van der Waals surface area contributed by atoms with Gasteiger partial charge in [-0.2, -0.15) is 0 Å². The van der Waals surface area contributed by atoms with Crippen molar-refractivity contribution in [3.05, 3.63) is 23.9 Å². The van der Waals surface area contributed by atoms with E-state index >= 15 is 0 Å². The second kappa shape index (κ2) is 6.90. The van der Waals surface area contributed by atoms with Gasteiger partial charge in [-0.25, -0.2) is 4.98 Å². The van der Waals surface area contributed by atoms with Crippen molar-refractivity contribution in [1.82, 2.24) is 4.98 Å². The lowest BCUT2D eigenvalue weighted by atomic mass is 9.82. The summed E-state index contributed by atoms with van der Waals surface area (Å²) in [7, 11) is 0. The van der Waals surface area contributed by atoms with Gasteiger partial charge in [0, 0.05) is 12.7 Å². The first-order valence-electron chi connectivity index (χ1n) is 7.47. The molecule has 0 aromatic carbocycles. The van der Waals surface area contributed by atoms with Crippen LogP contribution in [0.15, 0.2) is 18.3 Å². The highest BCUT2D eigenvalue weighted by molar-refractivity contribution is 5.36. The fourth-order valence-electron chi connectivity index (χ4n) is 3.07. The number of ether oxygens (including phenoxy) is 1. The van der Waals surface area contributed by atoms with Crippen molar-refractivity contribution in [2.24, 2.45) is 11.8 Å². The van der Waals surface area contributed by atoms with Crippen molar-refractivity contribution >= 4 is 5.82 Å². The van der Waals surface area contributed by atoms with Crippen molar-refractivity contribution < 1.29 is 4.74 Å². The van der Waals surface area contributed by atoms with Gasteiger partial charge in [0.1, 0.15) is 5.82 Å². The van der Waals surface area contributed by atoms with E-state index in [4.69, 9.17) is 4.74 Å². The van der Waals surface area contributed by atoms with E-state index in [2.05, 4.69) is 37.1 Å². The summed E-state index contributed by atoms with van der Waals surface area (Å²) in [5.41, 5.74) is 1.21. The molecule has 0 amide bonds. The molecule has 19 heavy (non-hydrogen) atoms. The van der Waals surface area contributed by atoms with Gasteiger partial charge in [-0.1, -0.05) is 13.8 Å². The number of pyridine rings is 1. The van der Waals surface area contributed by atoms with E-state index in [1.54, 1.807) is 0 Å². The normalized spacial score (nSPS) is 27.2. The largest absolute Gasteiger partial charge is 0.374 e. The summed E-state index contributed by atoms with van der Waals surface area (Å²) in [5.74, 6) is 2.53. The maximum atomic E-state index is 6.09. The molecule has 0 aliphatic heterocycles. The Morgan fingerprint density at radius 1 is 1.26 bits per heavy atom. The Balaban J connectivity index is 1.86. The molecule has 1 aliphatic rings. The molecule has 106 valence electrons. The standard InChI is InChI=1S/C16H26N2O/c1-4-17-16-10-14(5-6-18-16)11-19-15-8-12(2)7-13(3)9-15/h5-6,10,12-13,15H,4,7-9,11H2,1-3H3,(H,17,18). The van der Waals surface area contributed by atoms with Crippen LogP contribution in [0.25, 0.3) is 0 Å². The highest BCUT2D eigenvalue weighted by Gasteiger charge is 2.24. The van der Waals surface area contributed by atoms with Gasteiger partial charge in [-0.05, 0) is 55.7 Å². The molecular weight excluding hydrogens is 236 g/mol. The molecule has 1 heterocycles. The first-order valence-corrected chi connectivity index (χ1v) is 7.47. The molecule has 2 rings (SSSR count). The summed E-state index contributed by atoms with van der Waals surface area (Å²) < 4.78 is 6.09. The van der Waals surface area contributed by atoms with Crippen LogP contribution in [0.3, 0.4) is 0 Å². The molecule has 0 bridgehead atoms. The van der Waals surface area contributed by atoms with Crippen molar-refractivity contribution in [3.8, 4) is 0 Å². The number of hydrogen-bond donors (Lipinski definition) is 1. The van der Waals surface area contributed by atoms with Gasteiger partial charge < -0.3 is 10.1 Å². The Hall–Kier alpha value is -1.09. The van der Waals surface area contributed by atoms with E-state index in [1.807, 2.05) is 12.3 Å². The zero-order valence-electron chi connectivity index (χ0n) is 12.4. The average Bonchev–Trinajstić information content (AvgIpc) is 2.36. The van der Waals surface area contributed by atoms with Crippen LogP contribution in [0, 0.1) is 11.8 Å². The Morgan fingerprint density at radius 2 is 2.00 bits per heavy atom. The molecule has 1 aromatic heterocycles. The van der Waals surface area contributed by atoms with E-state index in [1.165, 1.54) is 24.8 Å². The molecule has 1 saturated carbocycles. The minimum atomic E-state index is 0.425. The third kappa shape index (κ3) is 4.50. The number of nitrogens with one attached hydrogen (secondary N) is 1. The Kier molecular flexibility index (Phi) is 5.20. The second-order valence-electron chi connectivity index (χ2n) is 5.93. The molecule has 0 spiro atoms. The van der Waals surface area contributed by atoms with Gasteiger partial charge in [-0.15, -0.1) is 0 Å². The van der Waals surface area contributed by atoms with Gasteiger partial charge in [0.25, 0.3) is 0 Å². The molecule has 3 heteroatoms. The minimum Gasteiger partial charge on any atom is -0.374 e. The van der Waals surface area contributed by atoms with Crippen LogP contribution in [-0.4, -0.2) is 17.6 Å². The van der Waals surface area contributed by atoms with Gasteiger partial charge in [-0.3, -0.25) is 0 Å². The minimum absolute atomic E-state index is 0.425. The number of nitrogens with zero attached hydrogens (tertiary/aromatic N) is 1. The summed E-state index contributed by atoms with van der Waals surface area (Å²) >= 11 is 0. The molecule has 2 atom stereocenters. The first-order chi connectivity index (χ1) is 9.17. The molecule has 1 fully saturated rings. The molecule has 0 radical (unpaired) electrons. The summed E-state index contributed by atoms with van der Waals surface area (Å²) in [6.45, 7) is 8.35. The first kappa shape index (κ1) is 14.3. The van der Waals surface area contributed by atoms with Crippen molar-refractivity contribution in [3.63, 3.8) is 0 Å². The summed E-state index contributed by atoms with van der Waals surface area (Å²) in [5, 5.41) is 3.23. The van der Waals surface area contributed by atoms with E-state index in [9.17, 15) is 0 Å². The Labute approximate surface area is 116 Å². The maximum Gasteiger partial charge on any atom is 0.126 e. The number of aromatic nitrogens is 1. The third-order valence-electron chi connectivity index (χ3n) is 3.80. The summed E-state index contributed by atoms with van der Waals surface area (Å²) in [6, 6.07) is 4.12. The lowest BCUT2D eigenvalue weighted by molar-refractivity contribution is -0.00916. The zero-order chi connectivity index (χ0) is 13.7. The van der Waals surface area contributed by atoms with E-state index in [0.29, 0.717) is 12.7 Å². The number of rotatable bonds is 5. The average molecular weight is 262 g/mol. The van der Waals surface area contributed by atoms with Crippen LogP contribution in [0.4, 0.5) is 5.82 Å². The fraction of sp³-hybridized carbons (Fsp3) is 0.688. The molecule has 0 saturated heterocycles. The van der Waals surface area contributed by atoms with Crippen LogP contribution in [0.5, 0.6) is 0 Å². The molecular formula is C16H26N2O. The van der Waals surface area contributed by atoms with Crippen molar-refractivity contribution in [1.29, 1.82) is 0 Å². The molecule has 1 aromatic rings. The summed E-state index contributed by atoms with van der Waals surface area (Å²) in [6.07, 6.45) is 6.03.